The van der Waals surface area contributed by atoms with E-state index in [-0.39, 0.29) is 18.6 Å². The molecule has 5 heteroatoms. The van der Waals surface area contributed by atoms with Crippen molar-refractivity contribution in [3.8, 4) is 0 Å². The van der Waals surface area contributed by atoms with Gasteiger partial charge in [-0.3, -0.25) is 4.79 Å². The Kier molecular flexibility index (Phi) is 6.12. The highest BCUT2D eigenvalue weighted by Gasteiger charge is 2.28. The summed E-state index contributed by atoms with van der Waals surface area (Å²) in [5, 5.41) is 11.7. The van der Waals surface area contributed by atoms with Crippen molar-refractivity contribution in [1.29, 1.82) is 0 Å². The summed E-state index contributed by atoms with van der Waals surface area (Å²) in [6.45, 7) is 4.20. The fourth-order valence-electron chi connectivity index (χ4n) is 2.76. The molecule has 1 rings (SSSR count). The van der Waals surface area contributed by atoms with Crippen molar-refractivity contribution in [3.63, 3.8) is 0 Å². The van der Waals surface area contributed by atoms with Gasteiger partial charge in [-0.05, 0) is 25.2 Å². The zero-order chi connectivity index (χ0) is 14.4. The molecule has 0 aromatic rings. The van der Waals surface area contributed by atoms with E-state index in [0.717, 1.165) is 12.8 Å². The fraction of sp³-hybridized carbons (Fsp3) is 0.857. The van der Waals surface area contributed by atoms with Crippen molar-refractivity contribution in [1.82, 2.24) is 10.2 Å². The zero-order valence-corrected chi connectivity index (χ0v) is 12.2. The van der Waals surface area contributed by atoms with Crippen LogP contribution in [0.5, 0.6) is 0 Å². The lowest BCUT2D eigenvalue weighted by atomic mass is 9.85. The Labute approximate surface area is 115 Å². The number of carboxylic acid groups (broad SMARTS) is 1. The van der Waals surface area contributed by atoms with Crippen LogP contribution in [0.15, 0.2) is 0 Å². The number of hydrogen-bond donors (Lipinski definition) is 2. The first-order chi connectivity index (χ1) is 8.97. The minimum absolute atomic E-state index is 0.154. The van der Waals surface area contributed by atoms with E-state index in [1.165, 1.54) is 12.8 Å². The molecule has 2 amide bonds. The molecule has 3 atom stereocenters. The summed E-state index contributed by atoms with van der Waals surface area (Å²) in [5.41, 5.74) is 0. The summed E-state index contributed by atoms with van der Waals surface area (Å²) in [6.07, 6.45) is 5.14. The van der Waals surface area contributed by atoms with Crippen LogP contribution >= 0.6 is 0 Å². The standard InChI is InChI=1S/C14H26N2O3/c1-4-11(13(17)18)9-15-14(19)16(3)12-8-6-5-7-10(12)2/h10-12H,4-9H2,1-3H3,(H,15,19)(H,17,18). The number of nitrogens with one attached hydrogen (secondary N) is 1. The molecule has 1 saturated carbocycles. The lowest BCUT2D eigenvalue weighted by molar-refractivity contribution is -0.141. The average molecular weight is 270 g/mol. The molecule has 0 heterocycles. The largest absolute Gasteiger partial charge is 0.481 e. The number of aliphatic carboxylic acids is 1. The van der Waals surface area contributed by atoms with E-state index < -0.39 is 11.9 Å². The van der Waals surface area contributed by atoms with Gasteiger partial charge in [-0.15, -0.1) is 0 Å². The van der Waals surface area contributed by atoms with Crippen molar-refractivity contribution in [3.05, 3.63) is 0 Å². The van der Waals surface area contributed by atoms with Gasteiger partial charge in [-0.1, -0.05) is 26.7 Å². The minimum atomic E-state index is -0.850. The normalized spacial score (nSPS) is 24.6. The Morgan fingerprint density at radius 3 is 2.53 bits per heavy atom. The second kappa shape index (κ2) is 7.36. The molecule has 0 aliphatic heterocycles. The molecule has 0 aromatic heterocycles. The quantitative estimate of drug-likeness (QED) is 0.805. The fourth-order valence-corrected chi connectivity index (χ4v) is 2.76. The van der Waals surface area contributed by atoms with Gasteiger partial charge >= 0.3 is 12.0 Å². The molecule has 0 aromatic carbocycles. The number of carbonyl (C=O) groups excluding carboxylic acids is 1. The first-order valence-corrected chi connectivity index (χ1v) is 7.20. The molecule has 1 aliphatic carbocycles. The molecule has 0 radical (unpaired) electrons. The van der Waals surface area contributed by atoms with E-state index in [1.807, 2.05) is 14.0 Å². The Morgan fingerprint density at radius 1 is 1.37 bits per heavy atom. The van der Waals surface area contributed by atoms with Gasteiger partial charge in [-0.25, -0.2) is 4.79 Å². The summed E-state index contributed by atoms with van der Waals surface area (Å²) in [7, 11) is 1.81. The lowest BCUT2D eigenvalue weighted by Gasteiger charge is -2.36. The Bertz CT molecular complexity index is 320. The molecule has 0 saturated heterocycles. The number of hydrogen-bond acceptors (Lipinski definition) is 2. The van der Waals surface area contributed by atoms with Crippen molar-refractivity contribution in [2.75, 3.05) is 13.6 Å². The number of carboxylic acids is 1. The molecule has 1 fully saturated rings. The van der Waals surface area contributed by atoms with Crippen LogP contribution < -0.4 is 5.32 Å². The molecule has 2 N–H and O–H groups in total. The van der Waals surface area contributed by atoms with Crippen LogP contribution in [0.25, 0.3) is 0 Å². The van der Waals surface area contributed by atoms with Crippen LogP contribution in [0.3, 0.4) is 0 Å². The van der Waals surface area contributed by atoms with Gasteiger partial charge in [0.2, 0.25) is 0 Å². The van der Waals surface area contributed by atoms with Crippen LogP contribution in [-0.4, -0.2) is 41.6 Å². The molecule has 19 heavy (non-hydrogen) atoms. The molecule has 0 spiro atoms. The number of rotatable bonds is 5. The second-order valence-corrected chi connectivity index (χ2v) is 5.57. The monoisotopic (exact) mass is 270 g/mol. The number of urea groups is 1. The smallest absolute Gasteiger partial charge is 0.317 e. The summed E-state index contributed by atoms with van der Waals surface area (Å²) in [6, 6.07) is 0.122. The number of nitrogens with zero attached hydrogens (tertiary/aromatic N) is 1. The molecule has 1 aliphatic rings. The van der Waals surface area contributed by atoms with Gasteiger partial charge in [0.1, 0.15) is 0 Å². The third-order valence-electron chi connectivity index (χ3n) is 4.23. The molecule has 0 bridgehead atoms. The summed E-state index contributed by atoms with van der Waals surface area (Å²) in [5.74, 6) is -0.830. The van der Waals surface area contributed by atoms with Crippen LogP contribution in [0.2, 0.25) is 0 Å². The highest BCUT2D eigenvalue weighted by atomic mass is 16.4. The van der Waals surface area contributed by atoms with E-state index in [4.69, 9.17) is 5.11 Å². The topological polar surface area (TPSA) is 69.6 Å². The molecular weight excluding hydrogens is 244 g/mol. The summed E-state index contributed by atoms with van der Waals surface area (Å²) >= 11 is 0. The molecular formula is C14H26N2O3. The highest BCUT2D eigenvalue weighted by molar-refractivity contribution is 5.76. The number of carbonyl (C=O) groups is 2. The predicted octanol–water partition coefficient (Wildman–Crippen LogP) is 2.32. The van der Waals surface area contributed by atoms with Gasteiger partial charge in [0.05, 0.1) is 5.92 Å². The Balaban J connectivity index is 2.45. The van der Waals surface area contributed by atoms with Crippen molar-refractivity contribution in [2.45, 2.75) is 52.0 Å². The van der Waals surface area contributed by atoms with Crippen LogP contribution in [0.4, 0.5) is 4.79 Å². The minimum Gasteiger partial charge on any atom is -0.481 e. The second-order valence-electron chi connectivity index (χ2n) is 5.57. The maximum Gasteiger partial charge on any atom is 0.317 e. The van der Waals surface area contributed by atoms with Gasteiger partial charge < -0.3 is 15.3 Å². The highest BCUT2D eigenvalue weighted by Crippen LogP contribution is 2.27. The van der Waals surface area contributed by atoms with E-state index in [9.17, 15) is 9.59 Å². The molecule has 3 unspecified atom stereocenters. The van der Waals surface area contributed by atoms with Gasteiger partial charge in [-0.2, -0.15) is 0 Å². The Morgan fingerprint density at radius 2 is 2.00 bits per heavy atom. The van der Waals surface area contributed by atoms with Crippen LogP contribution in [-0.2, 0) is 4.79 Å². The third-order valence-corrected chi connectivity index (χ3v) is 4.23. The third kappa shape index (κ3) is 4.40. The van der Waals surface area contributed by atoms with E-state index in [2.05, 4.69) is 12.2 Å². The van der Waals surface area contributed by atoms with Crippen molar-refractivity contribution >= 4 is 12.0 Å². The molecule has 5 nitrogen and oxygen atoms in total. The van der Waals surface area contributed by atoms with Crippen molar-refractivity contribution < 1.29 is 14.7 Å². The van der Waals surface area contributed by atoms with Crippen LogP contribution in [0, 0.1) is 11.8 Å². The van der Waals surface area contributed by atoms with Gasteiger partial charge in [0.15, 0.2) is 0 Å². The first-order valence-electron chi connectivity index (χ1n) is 7.20. The van der Waals surface area contributed by atoms with E-state index in [1.54, 1.807) is 4.90 Å². The summed E-state index contributed by atoms with van der Waals surface area (Å²) < 4.78 is 0. The maximum atomic E-state index is 12.1. The van der Waals surface area contributed by atoms with Gasteiger partial charge in [0.25, 0.3) is 0 Å². The van der Waals surface area contributed by atoms with Crippen molar-refractivity contribution in [2.24, 2.45) is 11.8 Å². The predicted molar refractivity (Wildman–Crippen MR) is 74.0 cm³/mol. The number of amides is 2. The zero-order valence-electron chi connectivity index (χ0n) is 12.2. The molecule has 110 valence electrons. The lowest BCUT2D eigenvalue weighted by Crippen LogP contribution is -2.48. The van der Waals surface area contributed by atoms with E-state index in [0.29, 0.717) is 12.3 Å². The van der Waals surface area contributed by atoms with E-state index >= 15 is 0 Å². The summed E-state index contributed by atoms with van der Waals surface area (Å²) in [4.78, 5) is 24.7. The van der Waals surface area contributed by atoms with Crippen LogP contribution in [0.1, 0.15) is 46.0 Å². The SMILES string of the molecule is CCC(CNC(=O)N(C)C1CCCCC1C)C(=O)O. The first kappa shape index (κ1) is 15.8. The Hall–Kier alpha value is -1.26. The average Bonchev–Trinajstić information content (AvgIpc) is 2.38. The maximum absolute atomic E-state index is 12.1. The van der Waals surface area contributed by atoms with Gasteiger partial charge in [0, 0.05) is 19.6 Å².